The van der Waals surface area contributed by atoms with Crippen molar-refractivity contribution in [2.75, 3.05) is 11.9 Å². The van der Waals surface area contributed by atoms with Crippen molar-refractivity contribution in [2.45, 2.75) is 16.7 Å². The summed E-state index contributed by atoms with van der Waals surface area (Å²) in [6.45, 7) is 1.65. The van der Waals surface area contributed by atoms with Crippen molar-refractivity contribution in [3.63, 3.8) is 0 Å². The fourth-order valence-corrected chi connectivity index (χ4v) is 3.41. The van der Waals surface area contributed by atoms with Crippen LogP contribution in [0.1, 0.15) is 11.1 Å². The molecule has 0 aliphatic rings. The van der Waals surface area contributed by atoms with Crippen LogP contribution in [0, 0.1) is 6.92 Å². The van der Waals surface area contributed by atoms with Crippen LogP contribution in [0.3, 0.4) is 0 Å². The maximum absolute atomic E-state index is 12.2. The maximum atomic E-state index is 12.2. The molecule has 0 aliphatic carbocycles. The quantitative estimate of drug-likeness (QED) is 0.427. The zero-order valence-electron chi connectivity index (χ0n) is 16.0. The second-order valence-corrected chi connectivity index (χ2v) is 7.43. The molecule has 0 fully saturated rings. The van der Waals surface area contributed by atoms with Crippen molar-refractivity contribution < 1.29 is 14.3 Å². The fraction of sp³-hybridized carbons (Fsp3) is 0.0833. The molecule has 3 aromatic rings. The second kappa shape index (κ2) is 10.3. The second-order valence-electron chi connectivity index (χ2n) is 6.31. The van der Waals surface area contributed by atoms with Crippen LogP contribution < -0.4 is 5.32 Å². The van der Waals surface area contributed by atoms with Crippen LogP contribution in [0.15, 0.2) is 94.7 Å². The first kappa shape index (κ1) is 20.4. The molecule has 4 nitrogen and oxygen atoms in total. The van der Waals surface area contributed by atoms with Gasteiger partial charge in [0.2, 0.25) is 0 Å². The fourth-order valence-electron chi connectivity index (χ4n) is 2.49. The zero-order valence-corrected chi connectivity index (χ0v) is 16.8. The first-order chi connectivity index (χ1) is 14.1. The van der Waals surface area contributed by atoms with Crippen molar-refractivity contribution in [1.29, 1.82) is 0 Å². The Kier molecular flexibility index (Phi) is 7.25. The summed E-state index contributed by atoms with van der Waals surface area (Å²) in [6, 6.07) is 25.2. The SMILES string of the molecule is Cc1ccc(/C=C/C(=O)OCC(=O)Nc2ccccc2Sc2ccccc2)cc1. The normalized spacial score (nSPS) is 10.7. The molecule has 3 rings (SSSR count). The van der Waals surface area contributed by atoms with Gasteiger partial charge in [0, 0.05) is 15.9 Å². The third kappa shape index (κ3) is 6.66. The number of benzene rings is 3. The lowest BCUT2D eigenvalue weighted by molar-refractivity contribution is -0.142. The molecular formula is C24H21NO3S. The van der Waals surface area contributed by atoms with Gasteiger partial charge in [-0.25, -0.2) is 4.79 Å². The number of rotatable bonds is 7. The van der Waals surface area contributed by atoms with Gasteiger partial charge in [0.25, 0.3) is 5.91 Å². The van der Waals surface area contributed by atoms with Gasteiger partial charge in [-0.2, -0.15) is 0 Å². The van der Waals surface area contributed by atoms with E-state index in [2.05, 4.69) is 5.32 Å². The number of nitrogens with one attached hydrogen (secondary N) is 1. The number of carbonyl (C=O) groups excluding carboxylic acids is 2. The third-order valence-corrected chi connectivity index (χ3v) is 5.05. The Morgan fingerprint density at radius 2 is 1.62 bits per heavy atom. The van der Waals surface area contributed by atoms with Gasteiger partial charge >= 0.3 is 5.97 Å². The van der Waals surface area contributed by atoms with E-state index in [1.165, 1.54) is 6.08 Å². The molecule has 1 amide bonds. The number of para-hydroxylation sites is 1. The smallest absolute Gasteiger partial charge is 0.331 e. The van der Waals surface area contributed by atoms with Crippen molar-refractivity contribution in [3.8, 4) is 0 Å². The number of carbonyl (C=O) groups is 2. The summed E-state index contributed by atoms with van der Waals surface area (Å²) >= 11 is 1.55. The van der Waals surface area contributed by atoms with Crippen LogP contribution >= 0.6 is 11.8 Å². The highest BCUT2D eigenvalue weighted by molar-refractivity contribution is 7.99. The van der Waals surface area contributed by atoms with Crippen molar-refractivity contribution in [3.05, 3.63) is 96.1 Å². The number of anilines is 1. The minimum absolute atomic E-state index is 0.346. The van der Waals surface area contributed by atoms with Gasteiger partial charge in [0.1, 0.15) is 0 Å². The molecule has 0 unspecified atom stereocenters. The van der Waals surface area contributed by atoms with E-state index in [4.69, 9.17) is 4.74 Å². The molecular weight excluding hydrogens is 382 g/mol. The number of ether oxygens (including phenoxy) is 1. The van der Waals surface area contributed by atoms with E-state index in [0.717, 1.165) is 20.9 Å². The van der Waals surface area contributed by atoms with Crippen LogP contribution in [-0.2, 0) is 14.3 Å². The Bertz CT molecular complexity index is 998. The molecule has 0 aliphatic heterocycles. The summed E-state index contributed by atoms with van der Waals surface area (Å²) in [5, 5.41) is 2.81. The lowest BCUT2D eigenvalue weighted by atomic mass is 10.1. The van der Waals surface area contributed by atoms with E-state index >= 15 is 0 Å². The highest BCUT2D eigenvalue weighted by Gasteiger charge is 2.09. The van der Waals surface area contributed by atoms with E-state index in [1.807, 2.05) is 85.8 Å². The van der Waals surface area contributed by atoms with E-state index in [0.29, 0.717) is 5.69 Å². The minimum Gasteiger partial charge on any atom is -0.452 e. The molecule has 29 heavy (non-hydrogen) atoms. The Hall–Kier alpha value is -3.31. The van der Waals surface area contributed by atoms with Crippen LogP contribution in [0.4, 0.5) is 5.69 Å². The Morgan fingerprint density at radius 1 is 0.931 bits per heavy atom. The lowest BCUT2D eigenvalue weighted by Gasteiger charge is -2.10. The molecule has 0 saturated carbocycles. The maximum Gasteiger partial charge on any atom is 0.331 e. The van der Waals surface area contributed by atoms with Crippen LogP contribution in [-0.4, -0.2) is 18.5 Å². The predicted octanol–water partition coefficient (Wildman–Crippen LogP) is 5.34. The molecule has 0 bridgehead atoms. The standard InChI is InChI=1S/C24H21NO3S/c1-18-11-13-19(14-12-18)15-16-24(27)28-17-23(26)25-21-9-5-6-10-22(21)29-20-7-3-2-4-8-20/h2-16H,17H2,1H3,(H,25,26)/b16-15+. The molecule has 0 atom stereocenters. The summed E-state index contributed by atoms with van der Waals surface area (Å²) in [4.78, 5) is 26.1. The van der Waals surface area contributed by atoms with E-state index in [1.54, 1.807) is 17.8 Å². The molecule has 146 valence electrons. The molecule has 0 radical (unpaired) electrons. The number of aryl methyl sites for hydroxylation is 1. The van der Waals surface area contributed by atoms with Gasteiger partial charge in [-0.05, 0) is 42.8 Å². The summed E-state index contributed by atoms with van der Waals surface area (Å²) < 4.78 is 5.04. The molecule has 1 N–H and O–H groups in total. The summed E-state index contributed by atoms with van der Waals surface area (Å²) in [7, 11) is 0. The van der Waals surface area contributed by atoms with Crippen LogP contribution in [0.25, 0.3) is 6.08 Å². The topological polar surface area (TPSA) is 55.4 Å². The number of esters is 1. The Morgan fingerprint density at radius 3 is 2.38 bits per heavy atom. The van der Waals surface area contributed by atoms with Crippen LogP contribution in [0.2, 0.25) is 0 Å². The first-order valence-electron chi connectivity index (χ1n) is 9.13. The highest BCUT2D eigenvalue weighted by Crippen LogP contribution is 2.33. The summed E-state index contributed by atoms with van der Waals surface area (Å²) in [5.41, 5.74) is 2.72. The average Bonchev–Trinajstić information content (AvgIpc) is 2.74. The van der Waals surface area contributed by atoms with Crippen molar-refractivity contribution >= 4 is 35.4 Å². The van der Waals surface area contributed by atoms with E-state index in [9.17, 15) is 9.59 Å². The van der Waals surface area contributed by atoms with Crippen molar-refractivity contribution in [2.24, 2.45) is 0 Å². The molecule has 0 spiro atoms. The largest absolute Gasteiger partial charge is 0.452 e. The molecule has 0 aromatic heterocycles. The lowest BCUT2D eigenvalue weighted by Crippen LogP contribution is -2.20. The number of hydrogen-bond donors (Lipinski definition) is 1. The Labute approximate surface area is 174 Å². The molecule has 3 aromatic carbocycles. The third-order valence-electron chi connectivity index (χ3n) is 3.97. The molecule has 5 heteroatoms. The monoisotopic (exact) mass is 403 g/mol. The average molecular weight is 404 g/mol. The van der Waals surface area contributed by atoms with Crippen molar-refractivity contribution in [1.82, 2.24) is 0 Å². The number of hydrogen-bond acceptors (Lipinski definition) is 4. The molecule has 0 heterocycles. The summed E-state index contributed by atoms with van der Waals surface area (Å²) in [5.74, 6) is -0.948. The van der Waals surface area contributed by atoms with Gasteiger partial charge in [-0.3, -0.25) is 4.79 Å². The number of amides is 1. The van der Waals surface area contributed by atoms with Gasteiger partial charge in [-0.1, -0.05) is 71.9 Å². The van der Waals surface area contributed by atoms with Gasteiger partial charge in [0.15, 0.2) is 6.61 Å². The van der Waals surface area contributed by atoms with E-state index in [-0.39, 0.29) is 12.5 Å². The minimum atomic E-state index is -0.562. The predicted molar refractivity (Wildman–Crippen MR) is 117 cm³/mol. The van der Waals surface area contributed by atoms with E-state index < -0.39 is 5.97 Å². The Balaban J connectivity index is 1.53. The van der Waals surface area contributed by atoms with Gasteiger partial charge in [0.05, 0.1) is 5.69 Å². The zero-order chi connectivity index (χ0) is 20.5. The van der Waals surface area contributed by atoms with Gasteiger partial charge < -0.3 is 10.1 Å². The first-order valence-corrected chi connectivity index (χ1v) is 9.95. The summed E-state index contributed by atoms with van der Waals surface area (Å²) in [6.07, 6.45) is 2.97. The van der Waals surface area contributed by atoms with Gasteiger partial charge in [-0.15, -0.1) is 0 Å². The van der Waals surface area contributed by atoms with Crippen LogP contribution in [0.5, 0.6) is 0 Å². The molecule has 0 saturated heterocycles. The highest BCUT2D eigenvalue weighted by atomic mass is 32.2.